The Labute approximate surface area is 176 Å². The van der Waals surface area contributed by atoms with Gasteiger partial charge in [-0.05, 0) is 42.9 Å². The molecular weight excluding hydrogens is 392 g/mol. The first kappa shape index (κ1) is 21.1. The highest BCUT2D eigenvalue weighted by atomic mass is 35.5. The van der Waals surface area contributed by atoms with E-state index in [2.05, 4.69) is 21.5 Å². The average Bonchev–Trinajstić information content (AvgIpc) is 3.17. The predicted molar refractivity (Wildman–Crippen MR) is 116 cm³/mol. The summed E-state index contributed by atoms with van der Waals surface area (Å²) in [5.74, 6) is 1.63. The summed E-state index contributed by atoms with van der Waals surface area (Å²) >= 11 is 7.42. The van der Waals surface area contributed by atoms with Gasteiger partial charge in [0.1, 0.15) is 5.82 Å². The molecule has 7 heteroatoms. The van der Waals surface area contributed by atoms with Crippen molar-refractivity contribution in [2.75, 3.05) is 24.5 Å². The predicted octanol–water partition coefficient (Wildman–Crippen LogP) is 4.70. The molecule has 1 amide bonds. The molecule has 28 heavy (non-hydrogen) atoms. The Morgan fingerprint density at radius 1 is 1.25 bits per heavy atom. The van der Waals surface area contributed by atoms with E-state index in [1.165, 1.54) is 17.1 Å². The van der Waals surface area contributed by atoms with Crippen LogP contribution < -0.4 is 10.2 Å². The van der Waals surface area contributed by atoms with Gasteiger partial charge in [-0.15, -0.1) is 0 Å². The summed E-state index contributed by atoms with van der Waals surface area (Å²) in [4.78, 5) is 18.9. The van der Waals surface area contributed by atoms with Crippen LogP contribution in [0.5, 0.6) is 0 Å². The minimum absolute atomic E-state index is 0.201. The van der Waals surface area contributed by atoms with Crippen LogP contribution in [0.3, 0.4) is 0 Å². The van der Waals surface area contributed by atoms with Crippen molar-refractivity contribution in [3.8, 4) is 0 Å². The topological polar surface area (TPSA) is 58.1 Å². The van der Waals surface area contributed by atoms with Gasteiger partial charge in [-0.1, -0.05) is 43.5 Å². The van der Waals surface area contributed by atoms with Gasteiger partial charge >= 0.3 is 0 Å². The summed E-state index contributed by atoms with van der Waals surface area (Å²) in [5, 5.41) is 4.86. The maximum atomic E-state index is 11.9. The summed E-state index contributed by atoms with van der Waals surface area (Å²) in [6.45, 7) is 4.92. The van der Waals surface area contributed by atoms with E-state index in [9.17, 15) is 4.79 Å². The molecule has 1 aromatic carbocycles. The second kappa shape index (κ2) is 10.8. The monoisotopic (exact) mass is 420 g/mol. The Hall–Kier alpha value is -1.66. The van der Waals surface area contributed by atoms with E-state index in [0.29, 0.717) is 12.3 Å². The Kier molecular flexibility index (Phi) is 8.10. The third kappa shape index (κ3) is 6.45. The second-order valence-corrected chi connectivity index (χ2v) is 8.65. The maximum absolute atomic E-state index is 11.9. The first-order valence-corrected chi connectivity index (χ1v) is 11.4. The zero-order valence-corrected chi connectivity index (χ0v) is 18.1. The molecule has 1 aliphatic rings. The molecule has 0 unspecified atom stereocenters. The van der Waals surface area contributed by atoms with Crippen molar-refractivity contribution < 1.29 is 4.79 Å². The standard InChI is InChI=1S/C21H29ClN4OS/c1-2-3-4-5-20(27)23-15-17-10-12-26(13-11-17)21-24-19(25-28-21)14-16-6-8-18(22)9-7-16/h6-9,17H,2-5,10-15H2,1H3,(H,23,27). The highest BCUT2D eigenvalue weighted by Crippen LogP contribution is 2.25. The van der Waals surface area contributed by atoms with Gasteiger partial charge < -0.3 is 10.2 Å². The number of benzene rings is 1. The number of carbonyl (C=O) groups is 1. The average molecular weight is 421 g/mol. The molecule has 152 valence electrons. The molecule has 2 heterocycles. The van der Waals surface area contributed by atoms with Gasteiger partial charge in [-0.3, -0.25) is 4.79 Å². The first-order chi connectivity index (χ1) is 13.6. The van der Waals surface area contributed by atoms with Gasteiger partial charge in [-0.2, -0.15) is 4.37 Å². The van der Waals surface area contributed by atoms with Crippen LogP contribution in [-0.2, 0) is 11.2 Å². The smallest absolute Gasteiger partial charge is 0.220 e. The Morgan fingerprint density at radius 2 is 2.00 bits per heavy atom. The van der Waals surface area contributed by atoms with Crippen LogP contribution in [0.1, 0.15) is 56.8 Å². The lowest BCUT2D eigenvalue weighted by Gasteiger charge is -2.31. The van der Waals surface area contributed by atoms with Gasteiger partial charge in [0, 0.05) is 49.0 Å². The van der Waals surface area contributed by atoms with Gasteiger partial charge in [0.05, 0.1) is 0 Å². The number of carbonyl (C=O) groups excluding carboxylic acids is 1. The van der Waals surface area contributed by atoms with Crippen LogP contribution in [0.4, 0.5) is 5.13 Å². The number of rotatable bonds is 9. The zero-order chi connectivity index (χ0) is 19.8. The minimum atomic E-state index is 0.201. The van der Waals surface area contributed by atoms with Crippen molar-refractivity contribution >= 4 is 34.2 Å². The maximum Gasteiger partial charge on any atom is 0.220 e. The number of aromatic nitrogens is 2. The van der Waals surface area contributed by atoms with E-state index >= 15 is 0 Å². The summed E-state index contributed by atoms with van der Waals surface area (Å²) in [6.07, 6.45) is 6.84. The van der Waals surface area contributed by atoms with Gasteiger partial charge in [0.15, 0.2) is 0 Å². The lowest BCUT2D eigenvalue weighted by Crippen LogP contribution is -2.38. The van der Waals surface area contributed by atoms with Crippen molar-refractivity contribution in [3.63, 3.8) is 0 Å². The minimum Gasteiger partial charge on any atom is -0.356 e. The normalized spacial score (nSPS) is 15.0. The molecule has 1 aliphatic heterocycles. The Bertz CT molecular complexity index is 741. The van der Waals surface area contributed by atoms with E-state index in [4.69, 9.17) is 16.6 Å². The van der Waals surface area contributed by atoms with Crippen molar-refractivity contribution in [2.24, 2.45) is 5.92 Å². The lowest BCUT2D eigenvalue weighted by molar-refractivity contribution is -0.121. The zero-order valence-electron chi connectivity index (χ0n) is 16.5. The molecule has 5 nitrogen and oxygen atoms in total. The molecular formula is C21H29ClN4OS. The summed E-state index contributed by atoms with van der Waals surface area (Å²) in [6, 6.07) is 7.84. The van der Waals surface area contributed by atoms with Crippen molar-refractivity contribution in [3.05, 3.63) is 40.7 Å². The van der Waals surface area contributed by atoms with Crippen LogP contribution in [0.25, 0.3) is 0 Å². The van der Waals surface area contributed by atoms with Gasteiger partial charge in [0.25, 0.3) is 0 Å². The summed E-state index contributed by atoms with van der Waals surface area (Å²) in [7, 11) is 0. The molecule has 0 bridgehead atoms. The quantitative estimate of drug-likeness (QED) is 0.597. The van der Waals surface area contributed by atoms with E-state index in [1.54, 1.807) is 0 Å². The fourth-order valence-corrected chi connectivity index (χ4v) is 4.30. The van der Waals surface area contributed by atoms with Crippen LogP contribution in [-0.4, -0.2) is 34.9 Å². The molecule has 1 saturated heterocycles. The third-order valence-corrected chi connectivity index (χ3v) is 6.28. The van der Waals surface area contributed by atoms with Crippen LogP contribution in [0, 0.1) is 5.92 Å². The summed E-state index contributed by atoms with van der Waals surface area (Å²) < 4.78 is 4.52. The second-order valence-electron chi connectivity index (χ2n) is 7.49. The van der Waals surface area contributed by atoms with Gasteiger partial charge in [-0.25, -0.2) is 4.98 Å². The number of piperidine rings is 1. The molecule has 0 spiro atoms. The Morgan fingerprint density at radius 3 is 2.71 bits per heavy atom. The van der Waals surface area contributed by atoms with Gasteiger partial charge in [0.2, 0.25) is 11.0 Å². The van der Waals surface area contributed by atoms with E-state index in [1.807, 2.05) is 24.3 Å². The molecule has 0 saturated carbocycles. The molecule has 0 radical (unpaired) electrons. The fraction of sp³-hybridized carbons (Fsp3) is 0.571. The highest BCUT2D eigenvalue weighted by molar-refractivity contribution is 7.09. The number of anilines is 1. The molecule has 2 aromatic rings. The van der Waals surface area contributed by atoms with E-state index in [-0.39, 0.29) is 5.91 Å². The van der Waals surface area contributed by atoms with Crippen LogP contribution in [0.2, 0.25) is 5.02 Å². The SMILES string of the molecule is CCCCCC(=O)NCC1CCN(c2nc(Cc3ccc(Cl)cc3)ns2)CC1. The van der Waals surface area contributed by atoms with Crippen molar-refractivity contribution in [2.45, 2.75) is 51.9 Å². The largest absolute Gasteiger partial charge is 0.356 e. The molecule has 1 fully saturated rings. The summed E-state index contributed by atoms with van der Waals surface area (Å²) in [5.41, 5.74) is 1.17. The number of halogens is 1. The molecule has 3 rings (SSSR count). The number of nitrogens with one attached hydrogen (secondary N) is 1. The lowest BCUT2D eigenvalue weighted by atomic mass is 9.97. The third-order valence-electron chi connectivity index (χ3n) is 5.21. The molecule has 0 atom stereocenters. The number of hydrogen-bond acceptors (Lipinski definition) is 5. The number of hydrogen-bond donors (Lipinski definition) is 1. The highest BCUT2D eigenvalue weighted by Gasteiger charge is 2.22. The Balaban J connectivity index is 1.41. The van der Waals surface area contributed by atoms with Crippen molar-refractivity contribution in [1.29, 1.82) is 0 Å². The van der Waals surface area contributed by atoms with E-state index in [0.717, 1.165) is 74.1 Å². The van der Waals surface area contributed by atoms with Crippen molar-refractivity contribution in [1.82, 2.24) is 14.7 Å². The van der Waals surface area contributed by atoms with E-state index < -0.39 is 0 Å². The molecule has 1 aromatic heterocycles. The number of nitrogens with zero attached hydrogens (tertiary/aromatic N) is 3. The molecule has 1 N–H and O–H groups in total. The van der Waals surface area contributed by atoms with Crippen LogP contribution >= 0.6 is 23.1 Å². The number of unbranched alkanes of at least 4 members (excludes halogenated alkanes) is 2. The fourth-order valence-electron chi connectivity index (χ4n) is 3.44. The first-order valence-electron chi connectivity index (χ1n) is 10.2. The van der Waals surface area contributed by atoms with Crippen LogP contribution in [0.15, 0.2) is 24.3 Å². The molecule has 0 aliphatic carbocycles. The number of amides is 1.